The molecule has 3 aliphatic carbocycles. The van der Waals surface area contributed by atoms with Gasteiger partial charge >= 0.3 is 5.97 Å². The topological polar surface area (TPSA) is 43.4 Å². The zero-order valence-electron chi connectivity index (χ0n) is 11.9. The van der Waals surface area contributed by atoms with Gasteiger partial charge in [-0.25, -0.2) is 0 Å². The molecule has 0 radical (unpaired) electrons. The van der Waals surface area contributed by atoms with Gasteiger partial charge in [-0.15, -0.1) is 0 Å². The Hall–Kier alpha value is -0.860. The molecule has 0 N–H and O–H groups in total. The normalized spacial score (nSPS) is 57.2. The maximum atomic E-state index is 12.3. The maximum absolute atomic E-state index is 12.3. The van der Waals surface area contributed by atoms with Gasteiger partial charge in [0.05, 0.1) is 0 Å². The van der Waals surface area contributed by atoms with Crippen molar-refractivity contribution in [2.24, 2.45) is 28.1 Å². The summed E-state index contributed by atoms with van der Waals surface area (Å²) in [6.07, 6.45) is 1.49. The highest BCUT2D eigenvalue weighted by atomic mass is 16.5. The summed E-state index contributed by atoms with van der Waals surface area (Å²) < 4.78 is 5.49. The number of rotatable bonds is 1. The fourth-order valence-electron chi connectivity index (χ4n) is 5.40. The molecule has 3 rings (SSSR count). The van der Waals surface area contributed by atoms with Gasteiger partial charge in [-0.3, -0.25) is 9.59 Å². The van der Waals surface area contributed by atoms with Crippen LogP contribution in [0.2, 0.25) is 0 Å². The van der Waals surface area contributed by atoms with Crippen LogP contribution in [0, 0.1) is 28.1 Å². The second-order valence-corrected chi connectivity index (χ2v) is 7.15. The molecule has 0 heterocycles. The largest absolute Gasteiger partial charge is 0.462 e. The molecule has 3 nitrogen and oxygen atoms in total. The van der Waals surface area contributed by atoms with E-state index in [0.717, 1.165) is 6.42 Å². The highest BCUT2D eigenvalue weighted by Gasteiger charge is 2.87. The van der Waals surface area contributed by atoms with Gasteiger partial charge in [0.2, 0.25) is 0 Å². The van der Waals surface area contributed by atoms with Crippen molar-refractivity contribution < 1.29 is 14.3 Å². The molecule has 0 spiro atoms. The van der Waals surface area contributed by atoms with E-state index in [1.54, 1.807) is 0 Å². The molecule has 3 heteroatoms. The molecule has 0 aromatic carbocycles. The fourth-order valence-corrected chi connectivity index (χ4v) is 5.40. The molecular weight excluding hydrogens is 228 g/mol. The number of carbonyl (C=O) groups is 2. The second kappa shape index (κ2) is 3.00. The molecule has 100 valence electrons. The molecule has 0 unspecified atom stereocenters. The van der Waals surface area contributed by atoms with E-state index >= 15 is 0 Å². The third kappa shape index (κ3) is 0.960. The number of hydrogen-bond acceptors (Lipinski definition) is 3. The Labute approximate surface area is 108 Å². The van der Waals surface area contributed by atoms with Gasteiger partial charge in [0.1, 0.15) is 11.9 Å². The first-order valence-electron chi connectivity index (χ1n) is 6.90. The molecule has 6 atom stereocenters. The van der Waals surface area contributed by atoms with E-state index in [1.165, 1.54) is 6.92 Å². The molecule has 0 aromatic heterocycles. The van der Waals surface area contributed by atoms with Gasteiger partial charge < -0.3 is 4.74 Å². The van der Waals surface area contributed by atoms with Crippen LogP contribution in [0.15, 0.2) is 0 Å². The molecule has 0 aromatic rings. The lowest BCUT2D eigenvalue weighted by Crippen LogP contribution is -2.46. The van der Waals surface area contributed by atoms with Crippen LogP contribution in [0.4, 0.5) is 0 Å². The van der Waals surface area contributed by atoms with Gasteiger partial charge in [-0.05, 0) is 29.1 Å². The number of Topliss-reactive ketones (excluding diaryl/α,β-unsaturated/α-hetero) is 1. The van der Waals surface area contributed by atoms with Crippen molar-refractivity contribution in [2.75, 3.05) is 0 Å². The Morgan fingerprint density at radius 3 is 2.50 bits per heavy atom. The summed E-state index contributed by atoms with van der Waals surface area (Å²) in [5.41, 5.74) is -0.0556. The summed E-state index contributed by atoms with van der Waals surface area (Å²) in [6, 6.07) is 0. The first-order valence-corrected chi connectivity index (χ1v) is 6.90. The van der Waals surface area contributed by atoms with Crippen molar-refractivity contribution >= 4 is 11.8 Å². The molecule has 0 saturated heterocycles. The predicted molar refractivity (Wildman–Crippen MR) is 66.8 cm³/mol. The van der Waals surface area contributed by atoms with Crippen molar-refractivity contribution in [3.05, 3.63) is 0 Å². The van der Waals surface area contributed by atoms with Crippen LogP contribution in [0.1, 0.15) is 47.5 Å². The number of hydrogen-bond donors (Lipinski definition) is 0. The zero-order chi connectivity index (χ0) is 13.5. The van der Waals surface area contributed by atoms with Crippen LogP contribution in [0.5, 0.6) is 0 Å². The third-order valence-corrected chi connectivity index (χ3v) is 7.03. The first-order chi connectivity index (χ1) is 8.19. The van der Waals surface area contributed by atoms with Gasteiger partial charge in [0, 0.05) is 18.8 Å². The van der Waals surface area contributed by atoms with E-state index in [2.05, 4.69) is 27.7 Å². The molecule has 0 bridgehead atoms. The van der Waals surface area contributed by atoms with Crippen LogP contribution >= 0.6 is 0 Å². The summed E-state index contributed by atoms with van der Waals surface area (Å²) in [4.78, 5) is 23.6. The van der Waals surface area contributed by atoms with Crippen LogP contribution in [0.25, 0.3) is 0 Å². The molecular formula is C15H22O3. The quantitative estimate of drug-likeness (QED) is 0.672. The lowest BCUT2D eigenvalue weighted by molar-refractivity contribution is -0.158. The van der Waals surface area contributed by atoms with Crippen LogP contribution in [-0.2, 0) is 14.3 Å². The number of carbonyl (C=O) groups excluding carboxylic acids is 2. The molecule has 3 saturated carbocycles. The highest BCUT2D eigenvalue weighted by molar-refractivity contribution is 5.94. The van der Waals surface area contributed by atoms with Crippen molar-refractivity contribution in [1.82, 2.24) is 0 Å². The number of ketones is 1. The molecule has 18 heavy (non-hydrogen) atoms. The number of fused-ring (bicyclic) bond motifs is 1. The van der Waals surface area contributed by atoms with Crippen molar-refractivity contribution in [2.45, 2.75) is 53.6 Å². The summed E-state index contributed by atoms with van der Waals surface area (Å²) in [5, 5.41) is 0. The van der Waals surface area contributed by atoms with Gasteiger partial charge in [-0.1, -0.05) is 27.7 Å². The number of ether oxygens (including phenoxy) is 1. The Balaban J connectivity index is 1.99. The predicted octanol–water partition coefficient (Wildman–Crippen LogP) is 2.58. The third-order valence-electron chi connectivity index (χ3n) is 7.03. The van der Waals surface area contributed by atoms with Gasteiger partial charge in [-0.2, -0.15) is 0 Å². The van der Waals surface area contributed by atoms with E-state index in [4.69, 9.17) is 4.74 Å². The number of esters is 1. The van der Waals surface area contributed by atoms with E-state index in [-0.39, 0.29) is 34.2 Å². The smallest absolute Gasteiger partial charge is 0.302 e. The van der Waals surface area contributed by atoms with Crippen LogP contribution < -0.4 is 0 Å². The zero-order valence-corrected chi connectivity index (χ0v) is 11.9. The van der Waals surface area contributed by atoms with Gasteiger partial charge in [0.15, 0.2) is 0 Å². The average Bonchev–Trinajstić information content (AvgIpc) is 2.70. The monoisotopic (exact) mass is 250 g/mol. The summed E-state index contributed by atoms with van der Waals surface area (Å²) >= 11 is 0. The maximum Gasteiger partial charge on any atom is 0.302 e. The Bertz CT molecular complexity index is 457. The molecule has 3 aliphatic rings. The first kappa shape index (κ1) is 12.2. The Kier molecular flexibility index (Phi) is 2.03. The summed E-state index contributed by atoms with van der Waals surface area (Å²) in [5.74, 6) is 0.880. The lowest BCUT2D eigenvalue weighted by atomic mass is 9.60. The van der Waals surface area contributed by atoms with E-state index in [9.17, 15) is 9.59 Å². The van der Waals surface area contributed by atoms with Crippen molar-refractivity contribution in [3.63, 3.8) is 0 Å². The second-order valence-electron chi connectivity index (χ2n) is 7.15. The SMILES string of the molecule is CC(=O)O[C@@H]1C[C@H]2[C@]3(C)[C@@]2(C)C(=O)C[C@]3(C)[C@H]1C. The fraction of sp³-hybridized carbons (Fsp3) is 0.867. The Morgan fingerprint density at radius 2 is 1.94 bits per heavy atom. The minimum atomic E-state index is -0.202. The van der Waals surface area contributed by atoms with Crippen LogP contribution in [0.3, 0.4) is 0 Å². The molecule has 0 amide bonds. The lowest BCUT2D eigenvalue weighted by Gasteiger charge is -2.46. The van der Waals surface area contributed by atoms with Crippen molar-refractivity contribution in [3.8, 4) is 0 Å². The Morgan fingerprint density at radius 1 is 1.33 bits per heavy atom. The standard InChI is InChI=1S/C15H22O3/c1-8-10(18-9(2)16)6-11-14(4)12(17)7-13(8,3)15(11,14)5/h8,10-11H,6-7H2,1-5H3/t8-,10+,11+,13+,14+,15-/m0/s1. The molecule has 0 aliphatic heterocycles. The minimum absolute atomic E-state index is 0.0120. The molecule has 3 fully saturated rings. The minimum Gasteiger partial charge on any atom is -0.462 e. The average molecular weight is 250 g/mol. The van der Waals surface area contributed by atoms with E-state index in [0.29, 0.717) is 18.1 Å². The highest BCUT2D eigenvalue weighted by Crippen LogP contribution is 2.86. The van der Waals surface area contributed by atoms with E-state index in [1.807, 2.05) is 0 Å². The summed E-state index contributed by atoms with van der Waals surface area (Å²) in [7, 11) is 0. The van der Waals surface area contributed by atoms with Gasteiger partial charge in [0.25, 0.3) is 0 Å². The summed E-state index contributed by atoms with van der Waals surface area (Å²) in [6.45, 7) is 10.2. The van der Waals surface area contributed by atoms with E-state index < -0.39 is 0 Å². The van der Waals surface area contributed by atoms with Crippen LogP contribution in [-0.4, -0.2) is 17.9 Å². The van der Waals surface area contributed by atoms with Crippen molar-refractivity contribution in [1.29, 1.82) is 0 Å².